The molecule has 1 aromatic carbocycles. The minimum absolute atomic E-state index is 0.0173. The molecule has 18 N–H and O–H groups in total. The number of aliphatic hydroxyl groups is 6. The first kappa shape index (κ1) is 85.5. The summed E-state index contributed by atoms with van der Waals surface area (Å²) < 4.78 is 12.0. The van der Waals surface area contributed by atoms with E-state index in [0.717, 1.165) is 28.7 Å². The van der Waals surface area contributed by atoms with Crippen molar-refractivity contribution in [2.45, 2.75) is 214 Å². The SMILES string of the molecule is CCN1C(=O)N[C@H]2[C@@H]3NC(=O)c4cc(Cl)c(Cl)n4[C@@H]3C[C@]21O.CCN1C(=O)N[C@H]2[C@@H]3NC(=O)c4ccc(Cl)n4[C@@H]3C[C@]21O.CN1C(=O)N[C@H]2[C@@H]3NC(=O)c4ccc(-c5ccccc5)n4[C@@H]3C[C@]21O.CN1C(=O)N[C@H]2[C@@H]3NC(=O)c4ccc(Br)n4[C@@H]3C[C@]21O.CN1C(=O)N[C@H]2[C@@H]3NC(=O)c4ccc(C5CC5)n4[C@@H]3C[C@]21O.CN1C(=O)N[C@H]2[C@@H]3NC(=O)c4ccc(Cl)n4[C@@H]3C[C@]21O. The van der Waals surface area contributed by atoms with E-state index in [1.54, 1.807) is 79.1 Å². The maximum atomic E-state index is 12.6. The Kier molecular flexibility index (Phi) is 19.3. The molecule has 7 aromatic rings. The van der Waals surface area contributed by atoms with Crippen molar-refractivity contribution in [2.75, 3.05) is 41.3 Å². The van der Waals surface area contributed by atoms with Gasteiger partial charge in [-0.15, -0.1) is 0 Å². The van der Waals surface area contributed by atoms with Crippen LogP contribution in [0.2, 0.25) is 20.5 Å². The number of carbonyl (C=O) groups is 12. The number of carbonyl (C=O) groups excluding carboxylic acids is 12. The van der Waals surface area contributed by atoms with Crippen LogP contribution >= 0.6 is 62.3 Å². The molecular formula is C83H91BrCl4N24O18. The molecule has 42 nitrogen and oxygen atoms in total. The van der Waals surface area contributed by atoms with Crippen LogP contribution in [0.5, 0.6) is 0 Å². The molecule has 19 aliphatic rings. The molecule has 18 heterocycles. The fourth-order valence-corrected chi connectivity index (χ4v) is 25.8. The summed E-state index contributed by atoms with van der Waals surface area (Å²) >= 11 is 28.1. The summed E-state index contributed by atoms with van der Waals surface area (Å²) in [5.41, 5.74) is -1.48. The van der Waals surface area contributed by atoms with Crippen LogP contribution in [-0.4, -0.2) is 307 Å². The van der Waals surface area contributed by atoms with Gasteiger partial charge in [-0.05, 0) is 121 Å². The molecule has 24 atom stereocenters. The van der Waals surface area contributed by atoms with Crippen LogP contribution < -0.4 is 63.8 Å². The summed E-state index contributed by atoms with van der Waals surface area (Å²) in [5, 5.41) is 101. The molecule has 12 aliphatic heterocycles. The molecule has 0 bridgehead atoms. The zero-order chi connectivity index (χ0) is 91.8. The second-order valence-electron chi connectivity index (χ2n) is 36.6. The number of urea groups is 6. The highest BCUT2D eigenvalue weighted by Crippen LogP contribution is 2.55. The Morgan fingerprint density at radius 3 is 1.02 bits per heavy atom. The first-order valence-electron chi connectivity index (χ1n) is 42.9. The standard InChI is InChI=1S/C18H18N4O3.C15H18N4O3.C13H14Cl2N4O3.C13H15ClN4O3.C12H13BrN4O3.C12H13ClN4O3/c1-21-17(24)20-15-14-13(9-18(15,21)25)22-11(10-5-3-2-4-6-10)7-8-12(22)16(23)19-14;1-18-14(21)17-12-11-10(6-15(12,18)22)19-8(7-2-3-7)4-5-9(19)13(20)16-11;1-2-18-12(21)17-9-8-7(4-13(9,18)22)19-6(11(20)16-8)3-5(14)10(19)15;1-2-17-12(20)16-10-9-7(5-13(10,17)21)18-6(11(19)15-9)3-4-8(18)14;2*1-16-11(19)15-9-8-6(4-12(9,16)20)17-5(10(18)14-8)2-3-7(17)13/h2-8,13-15,25H,9H2,1H3,(H,19,23)(H,20,24);4-5,7,10-12,22H,2-3,6H2,1H3,(H,16,20)(H,17,21);3,7-9,22H,2,4H2,1H3,(H,16,20)(H,17,21);3-4,7,9-10,21H,2,5H2,1H3,(H,15,19)(H,16,20);2*2-3,6,8-9,20H,4H2,1H3,(H,14,18)(H,15,19)/t13-,14-,15+,18+;10-,11-,12+,15+;7-,8-,9+,13+;7-,9-,10+,13+;2*6-,8-,9+,12+/m111111/s1. The highest BCUT2D eigenvalue weighted by Gasteiger charge is 2.71. The number of hydrogen-bond donors (Lipinski definition) is 18. The summed E-state index contributed by atoms with van der Waals surface area (Å²) in [6.07, 6.45) is 4.40. The molecular weight excluding hydrogens is 1840 g/mol. The molecule has 13 fully saturated rings. The van der Waals surface area contributed by atoms with Crippen molar-refractivity contribution in [1.82, 2.24) is 121 Å². The zero-order valence-corrected chi connectivity index (χ0v) is 74.7. The number of rotatable bonds is 4. The normalized spacial score (nSPS) is 36.7. The van der Waals surface area contributed by atoms with Gasteiger partial charge in [-0.1, -0.05) is 76.7 Å². The summed E-state index contributed by atoms with van der Waals surface area (Å²) in [4.78, 5) is 153. The molecule has 7 aliphatic carbocycles. The largest absolute Gasteiger partial charge is 0.368 e. The van der Waals surface area contributed by atoms with Crippen molar-refractivity contribution in [1.29, 1.82) is 0 Å². The van der Waals surface area contributed by atoms with Crippen molar-refractivity contribution in [3.63, 3.8) is 0 Å². The Morgan fingerprint density at radius 1 is 0.331 bits per heavy atom. The van der Waals surface area contributed by atoms with Gasteiger partial charge in [0.1, 0.15) is 85.9 Å². The highest BCUT2D eigenvalue weighted by molar-refractivity contribution is 9.10. The number of fused-ring (bicyclic) bond motifs is 30. The van der Waals surface area contributed by atoms with Crippen LogP contribution in [0, 0.1) is 0 Å². The first-order valence-corrected chi connectivity index (χ1v) is 45.2. The number of likely N-dealkylation sites (N-methyl/N-ethyl adjacent to an activating group) is 6. The van der Waals surface area contributed by atoms with E-state index in [9.17, 15) is 88.2 Å². The quantitative estimate of drug-likeness (QED) is 0.120. The number of benzene rings is 1. The first-order chi connectivity index (χ1) is 61.7. The van der Waals surface area contributed by atoms with E-state index >= 15 is 0 Å². The number of hydrogen-bond acceptors (Lipinski definition) is 18. The summed E-state index contributed by atoms with van der Waals surface area (Å²) in [6, 6.07) is 21.2. The van der Waals surface area contributed by atoms with Gasteiger partial charge in [0.2, 0.25) is 0 Å². The van der Waals surface area contributed by atoms with Crippen molar-refractivity contribution in [2.24, 2.45) is 0 Å². The third-order valence-corrected chi connectivity index (χ3v) is 32.6. The van der Waals surface area contributed by atoms with Crippen LogP contribution in [0.15, 0.2) is 102 Å². The fraction of sp³-hybridized carbons (Fsp3) is 0.494. The lowest BCUT2D eigenvalue weighted by Gasteiger charge is -2.33. The van der Waals surface area contributed by atoms with Gasteiger partial charge in [-0.2, -0.15) is 0 Å². The third kappa shape index (κ3) is 11.9. The van der Waals surface area contributed by atoms with E-state index in [0.29, 0.717) is 101 Å². The average molecular weight is 1930 g/mol. The second-order valence-corrected chi connectivity index (χ2v) is 38.9. The molecule has 47 heteroatoms. The van der Waals surface area contributed by atoms with E-state index in [1.165, 1.54) is 41.2 Å². The fourth-order valence-electron chi connectivity index (χ4n) is 24.1. The lowest BCUT2D eigenvalue weighted by molar-refractivity contribution is -0.0660. The molecule has 130 heavy (non-hydrogen) atoms. The molecule has 7 saturated carbocycles. The van der Waals surface area contributed by atoms with E-state index in [1.807, 2.05) is 76.7 Å². The van der Waals surface area contributed by atoms with Crippen molar-refractivity contribution in [3.05, 3.63) is 162 Å². The molecule has 6 aromatic heterocycles. The summed E-state index contributed by atoms with van der Waals surface area (Å²) in [7, 11) is 6.31. The maximum Gasteiger partial charge on any atom is 0.320 e. The molecule has 0 spiro atoms. The Hall–Kier alpha value is -11.3. The predicted octanol–water partition coefficient (Wildman–Crippen LogP) is 2.24. The topological polar surface area (TPSA) is 520 Å². The van der Waals surface area contributed by atoms with Gasteiger partial charge in [0.05, 0.1) is 82.1 Å². The van der Waals surface area contributed by atoms with E-state index in [2.05, 4.69) is 84.3 Å². The smallest absolute Gasteiger partial charge is 0.320 e. The molecule has 0 radical (unpaired) electrons. The van der Waals surface area contributed by atoms with Gasteiger partial charge in [0, 0.05) is 91.2 Å². The number of nitrogens with zero attached hydrogens (tertiary/aromatic N) is 12. The van der Waals surface area contributed by atoms with Gasteiger partial charge in [-0.3, -0.25) is 58.2 Å². The Balaban J connectivity index is 0.0000000946. The molecule has 686 valence electrons. The van der Waals surface area contributed by atoms with Crippen molar-refractivity contribution in [3.8, 4) is 11.3 Å². The van der Waals surface area contributed by atoms with E-state index in [4.69, 9.17) is 46.4 Å². The number of aromatic nitrogens is 6. The van der Waals surface area contributed by atoms with Gasteiger partial charge in [0.25, 0.3) is 35.4 Å². The average Bonchev–Trinajstić information content (AvgIpc) is 1.61. The molecule has 26 rings (SSSR count). The minimum atomic E-state index is -1.35. The van der Waals surface area contributed by atoms with Crippen LogP contribution in [0.1, 0.15) is 176 Å². The van der Waals surface area contributed by atoms with Gasteiger partial charge >= 0.3 is 36.2 Å². The minimum Gasteiger partial charge on any atom is -0.368 e. The summed E-state index contributed by atoms with van der Waals surface area (Å²) in [6.45, 7) is 4.39. The highest BCUT2D eigenvalue weighted by atomic mass is 79.9. The lowest BCUT2D eigenvalue weighted by Crippen LogP contribution is -2.56. The predicted molar refractivity (Wildman–Crippen MR) is 461 cm³/mol. The van der Waals surface area contributed by atoms with Gasteiger partial charge < -0.3 is 122 Å². The van der Waals surface area contributed by atoms with Crippen LogP contribution in [0.25, 0.3) is 11.3 Å². The molecule has 18 amide bonds. The number of amides is 18. The van der Waals surface area contributed by atoms with Crippen LogP contribution in [-0.2, 0) is 0 Å². The lowest BCUT2D eigenvalue weighted by atomic mass is 10.0. The third-order valence-electron chi connectivity index (χ3n) is 30.6. The van der Waals surface area contributed by atoms with Gasteiger partial charge in [-0.25, -0.2) is 28.8 Å². The number of halogens is 5. The molecule has 0 unspecified atom stereocenters. The maximum absolute atomic E-state index is 12.6. The van der Waals surface area contributed by atoms with Crippen molar-refractivity contribution < 1.29 is 88.2 Å². The van der Waals surface area contributed by atoms with E-state index < -0.39 is 76.6 Å². The van der Waals surface area contributed by atoms with Crippen LogP contribution in [0.4, 0.5) is 28.8 Å². The Bertz CT molecular complexity index is 6010. The molecule has 6 saturated heterocycles. The Labute approximate surface area is 766 Å². The van der Waals surface area contributed by atoms with Crippen molar-refractivity contribution >= 4 is 134 Å². The van der Waals surface area contributed by atoms with Gasteiger partial charge in [0.15, 0.2) is 34.3 Å². The van der Waals surface area contributed by atoms with E-state index in [-0.39, 0.29) is 150 Å². The monoisotopic (exact) mass is 1930 g/mol. The van der Waals surface area contributed by atoms with Crippen LogP contribution in [0.3, 0.4) is 0 Å². The zero-order valence-electron chi connectivity index (χ0n) is 70.1. The summed E-state index contributed by atoms with van der Waals surface area (Å²) in [5.74, 6) is -0.767. The number of nitrogens with one attached hydrogen (secondary N) is 12. The Morgan fingerprint density at radius 2 is 0.623 bits per heavy atom. The second kappa shape index (κ2) is 29.4.